The van der Waals surface area contributed by atoms with Crippen LogP contribution in [-0.2, 0) is 9.59 Å². The molecule has 0 fully saturated rings. The van der Waals surface area contributed by atoms with Crippen molar-refractivity contribution in [2.75, 3.05) is 24.4 Å². The van der Waals surface area contributed by atoms with Crippen molar-refractivity contribution >= 4 is 29.3 Å². The van der Waals surface area contributed by atoms with E-state index in [9.17, 15) is 14.9 Å². The van der Waals surface area contributed by atoms with Gasteiger partial charge in [0.25, 0.3) is 11.8 Å². The molecule has 34 heavy (non-hydrogen) atoms. The summed E-state index contributed by atoms with van der Waals surface area (Å²) < 4.78 is 10.8. The Labute approximate surface area is 198 Å². The third-order valence-electron chi connectivity index (χ3n) is 4.95. The number of aryl methyl sites for hydroxylation is 2. The van der Waals surface area contributed by atoms with Crippen molar-refractivity contribution in [2.24, 2.45) is 0 Å². The lowest BCUT2D eigenvalue weighted by molar-refractivity contribution is -0.118. The van der Waals surface area contributed by atoms with Gasteiger partial charge >= 0.3 is 0 Å². The molecule has 2 N–H and O–H groups in total. The Morgan fingerprint density at radius 1 is 1.00 bits per heavy atom. The summed E-state index contributed by atoms with van der Waals surface area (Å²) in [4.78, 5) is 25.0. The van der Waals surface area contributed by atoms with E-state index in [0.717, 1.165) is 11.1 Å². The minimum atomic E-state index is -0.526. The van der Waals surface area contributed by atoms with E-state index in [2.05, 4.69) is 10.6 Å². The number of carbonyl (C=O) groups excluding carboxylic acids is 2. The van der Waals surface area contributed by atoms with Crippen molar-refractivity contribution in [3.8, 4) is 17.6 Å². The lowest BCUT2D eigenvalue weighted by atomic mass is 10.1. The molecular weight excluding hydrogens is 430 g/mol. The van der Waals surface area contributed by atoms with Gasteiger partial charge in [-0.1, -0.05) is 35.9 Å². The van der Waals surface area contributed by atoms with Crippen molar-refractivity contribution in [3.63, 3.8) is 0 Å². The average Bonchev–Trinajstić information content (AvgIpc) is 2.84. The molecule has 0 heterocycles. The minimum Gasteiger partial charge on any atom is -0.497 e. The standard InChI is InChI=1S/C27H25N3O4/c1-18-8-13-24(19(2)14-18)30-27(32)21(16-28)15-20-6-4-5-7-25(20)34-17-26(31)29-22-9-11-23(33-3)12-10-22/h4-15H,17H2,1-3H3,(H,29,31)(H,30,32). The Morgan fingerprint density at radius 2 is 1.74 bits per heavy atom. The molecule has 0 aromatic heterocycles. The van der Waals surface area contributed by atoms with Crippen LogP contribution < -0.4 is 20.1 Å². The number of hydrogen-bond donors (Lipinski definition) is 2. The summed E-state index contributed by atoms with van der Waals surface area (Å²) in [6.45, 7) is 3.61. The highest BCUT2D eigenvalue weighted by atomic mass is 16.5. The van der Waals surface area contributed by atoms with Gasteiger partial charge in [0.05, 0.1) is 7.11 Å². The number of nitriles is 1. The summed E-state index contributed by atoms with van der Waals surface area (Å²) in [6, 6.07) is 21.4. The van der Waals surface area contributed by atoms with Gasteiger partial charge in [-0.05, 0) is 61.9 Å². The van der Waals surface area contributed by atoms with Crippen LogP contribution in [0.25, 0.3) is 6.08 Å². The molecule has 7 nitrogen and oxygen atoms in total. The van der Waals surface area contributed by atoms with Gasteiger partial charge in [-0.2, -0.15) is 5.26 Å². The molecule has 2 amide bonds. The van der Waals surface area contributed by atoms with Gasteiger partial charge < -0.3 is 20.1 Å². The van der Waals surface area contributed by atoms with Gasteiger partial charge in [-0.15, -0.1) is 0 Å². The number of nitrogens with zero attached hydrogens (tertiary/aromatic N) is 1. The molecule has 0 saturated heterocycles. The zero-order valence-electron chi connectivity index (χ0n) is 19.2. The first-order valence-electron chi connectivity index (χ1n) is 10.6. The molecular formula is C27H25N3O4. The van der Waals surface area contributed by atoms with Crippen LogP contribution in [0.15, 0.2) is 72.3 Å². The molecule has 0 atom stereocenters. The molecule has 3 aromatic carbocycles. The molecule has 172 valence electrons. The smallest absolute Gasteiger partial charge is 0.266 e. The fourth-order valence-electron chi connectivity index (χ4n) is 3.19. The first-order valence-corrected chi connectivity index (χ1v) is 10.6. The molecule has 0 radical (unpaired) electrons. The van der Waals surface area contributed by atoms with E-state index in [-0.39, 0.29) is 18.1 Å². The Morgan fingerprint density at radius 3 is 2.41 bits per heavy atom. The number of methoxy groups -OCH3 is 1. The summed E-state index contributed by atoms with van der Waals surface area (Å²) in [5, 5.41) is 15.1. The normalized spacial score (nSPS) is 10.7. The second kappa shape index (κ2) is 11.3. The van der Waals surface area contributed by atoms with E-state index in [1.807, 2.05) is 32.0 Å². The van der Waals surface area contributed by atoms with Crippen LogP contribution >= 0.6 is 0 Å². The molecule has 0 bridgehead atoms. The predicted octanol–water partition coefficient (Wildman–Crippen LogP) is 4.88. The number of para-hydroxylation sites is 1. The van der Waals surface area contributed by atoms with Crippen molar-refractivity contribution in [1.82, 2.24) is 0 Å². The molecule has 0 aliphatic carbocycles. The van der Waals surface area contributed by atoms with E-state index < -0.39 is 5.91 Å². The maximum Gasteiger partial charge on any atom is 0.266 e. The maximum absolute atomic E-state index is 12.7. The number of nitrogens with one attached hydrogen (secondary N) is 2. The summed E-state index contributed by atoms with van der Waals surface area (Å²) >= 11 is 0. The molecule has 0 saturated carbocycles. The SMILES string of the molecule is COc1ccc(NC(=O)COc2ccccc2C=C(C#N)C(=O)Nc2ccc(C)cc2C)cc1. The topological polar surface area (TPSA) is 100 Å². The quantitative estimate of drug-likeness (QED) is 0.373. The number of benzene rings is 3. The fourth-order valence-corrected chi connectivity index (χ4v) is 3.19. The van der Waals surface area contributed by atoms with E-state index >= 15 is 0 Å². The Kier molecular flexibility index (Phi) is 8.03. The molecule has 3 rings (SSSR count). The number of anilines is 2. The van der Waals surface area contributed by atoms with Gasteiger partial charge in [0, 0.05) is 16.9 Å². The first-order chi connectivity index (χ1) is 16.4. The minimum absolute atomic E-state index is 0.0845. The lowest BCUT2D eigenvalue weighted by Crippen LogP contribution is -2.20. The summed E-state index contributed by atoms with van der Waals surface area (Å²) in [5.74, 6) is 0.183. The number of amides is 2. The summed E-state index contributed by atoms with van der Waals surface area (Å²) in [5.41, 5.74) is 3.64. The van der Waals surface area contributed by atoms with Crippen LogP contribution in [0.2, 0.25) is 0 Å². The van der Waals surface area contributed by atoms with Gasteiger partial charge in [-0.25, -0.2) is 0 Å². The van der Waals surface area contributed by atoms with Crippen LogP contribution in [0.4, 0.5) is 11.4 Å². The van der Waals surface area contributed by atoms with E-state index in [1.165, 1.54) is 6.08 Å². The van der Waals surface area contributed by atoms with Crippen LogP contribution in [0.3, 0.4) is 0 Å². The number of hydrogen-bond acceptors (Lipinski definition) is 5. The maximum atomic E-state index is 12.7. The van der Waals surface area contributed by atoms with Crippen LogP contribution in [-0.4, -0.2) is 25.5 Å². The van der Waals surface area contributed by atoms with Crippen LogP contribution in [0.1, 0.15) is 16.7 Å². The van der Waals surface area contributed by atoms with Gasteiger partial charge in [-0.3, -0.25) is 9.59 Å². The van der Waals surface area contributed by atoms with Gasteiger partial charge in [0.1, 0.15) is 23.1 Å². The molecule has 3 aromatic rings. The predicted molar refractivity (Wildman–Crippen MR) is 132 cm³/mol. The number of ether oxygens (including phenoxy) is 2. The second-order valence-corrected chi connectivity index (χ2v) is 7.55. The Bertz CT molecular complexity index is 1260. The highest BCUT2D eigenvalue weighted by Gasteiger charge is 2.13. The Hall–Kier alpha value is -4.57. The third-order valence-corrected chi connectivity index (χ3v) is 4.95. The largest absolute Gasteiger partial charge is 0.497 e. The monoisotopic (exact) mass is 455 g/mol. The average molecular weight is 456 g/mol. The number of carbonyl (C=O) groups is 2. The zero-order chi connectivity index (χ0) is 24.5. The van der Waals surface area contributed by atoms with Crippen molar-refractivity contribution < 1.29 is 19.1 Å². The van der Waals surface area contributed by atoms with E-state index in [1.54, 1.807) is 61.7 Å². The number of rotatable bonds is 8. The molecule has 0 aliphatic rings. The highest BCUT2D eigenvalue weighted by Crippen LogP contribution is 2.23. The molecule has 0 aliphatic heterocycles. The first kappa shape index (κ1) is 24.1. The second-order valence-electron chi connectivity index (χ2n) is 7.55. The third kappa shape index (κ3) is 6.47. The van der Waals surface area contributed by atoms with Crippen molar-refractivity contribution in [1.29, 1.82) is 5.26 Å². The van der Waals surface area contributed by atoms with Crippen molar-refractivity contribution in [2.45, 2.75) is 13.8 Å². The summed E-state index contributed by atoms with van der Waals surface area (Å²) in [7, 11) is 1.57. The van der Waals surface area contributed by atoms with Crippen molar-refractivity contribution in [3.05, 3.63) is 89.0 Å². The molecule has 7 heteroatoms. The van der Waals surface area contributed by atoms with Crippen LogP contribution in [0.5, 0.6) is 11.5 Å². The van der Waals surface area contributed by atoms with E-state index in [4.69, 9.17) is 9.47 Å². The highest BCUT2D eigenvalue weighted by molar-refractivity contribution is 6.10. The molecule has 0 spiro atoms. The Balaban J connectivity index is 1.69. The van der Waals surface area contributed by atoms with Gasteiger partial charge in [0.15, 0.2) is 6.61 Å². The summed E-state index contributed by atoms with van der Waals surface area (Å²) in [6.07, 6.45) is 1.44. The zero-order valence-corrected chi connectivity index (χ0v) is 19.2. The molecule has 0 unspecified atom stereocenters. The van der Waals surface area contributed by atoms with Crippen LogP contribution in [0, 0.1) is 25.2 Å². The fraction of sp³-hybridized carbons (Fsp3) is 0.148. The van der Waals surface area contributed by atoms with E-state index in [0.29, 0.717) is 28.4 Å². The van der Waals surface area contributed by atoms with Gasteiger partial charge in [0.2, 0.25) is 0 Å². The lowest BCUT2D eigenvalue weighted by Gasteiger charge is -2.11.